The van der Waals surface area contributed by atoms with Crippen molar-refractivity contribution in [3.8, 4) is 5.75 Å². The van der Waals surface area contributed by atoms with Gasteiger partial charge in [-0.05, 0) is 24.6 Å². The Morgan fingerprint density at radius 2 is 2.40 bits per heavy atom. The number of carbonyl (C=O) groups excluding carboxylic acids is 1. The van der Waals surface area contributed by atoms with Crippen molar-refractivity contribution in [1.29, 1.82) is 0 Å². The molecule has 106 valence electrons. The van der Waals surface area contributed by atoms with Crippen molar-refractivity contribution < 1.29 is 14.3 Å². The first-order chi connectivity index (χ1) is 9.69. The first-order valence-corrected chi connectivity index (χ1v) is 7.25. The van der Waals surface area contributed by atoms with Gasteiger partial charge in [-0.2, -0.15) is 0 Å². The molecule has 0 saturated carbocycles. The highest BCUT2D eigenvalue weighted by Crippen LogP contribution is 2.35. The molecule has 2 heterocycles. The molecule has 1 saturated heterocycles. The van der Waals surface area contributed by atoms with Crippen molar-refractivity contribution in [3.05, 3.63) is 23.1 Å². The molecule has 0 spiro atoms. The number of hydrogen-bond acceptors (Lipinski definition) is 5. The summed E-state index contributed by atoms with van der Waals surface area (Å²) < 4.78 is 11.4. The van der Waals surface area contributed by atoms with Crippen LogP contribution in [0.1, 0.15) is 16.1 Å². The Balaban J connectivity index is 1.90. The van der Waals surface area contributed by atoms with Crippen molar-refractivity contribution in [2.24, 2.45) is 0 Å². The van der Waals surface area contributed by atoms with Gasteiger partial charge in [0, 0.05) is 16.7 Å². The van der Waals surface area contributed by atoms with Gasteiger partial charge in [-0.15, -0.1) is 11.3 Å². The maximum Gasteiger partial charge on any atom is 0.263 e. The van der Waals surface area contributed by atoms with E-state index in [4.69, 9.17) is 15.2 Å². The van der Waals surface area contributed by atoms with Crippen LogP contribution in [-0.4, -0.2) is 32.3 Å². The Kier molecular flexibility index (Phi) is 3.50. The van der Waals surface area contributed by atoms with Gasteiger partial charge in [-0.3, -0.25) is 4.79 Å². The molecule has 0 aliphatic carbocycles. The molecular weight excluding hydrogens is 276 g/mol. The summed E-state index contributed by atoms with van der Waals surface area (Å²) in [7, 11) is 1.62. The molecule has 5 nitrogen and oxygen atoms in total. The van der Waals surface area contributed by atoms with Gasteiger partial charge < -0.3 is 20.5 Å². The monoisotopic (exact) mass is 292 g/mol. The number of nitrogen functional groups attached to an aromatic ring is 1. The molecule has 1 aromatic carbocycles. The lowest BCUT2D eigenvalue weighted by molar-refractivity contribution is 0.0935. The molecule has 3 N–H and O–H groups in total. The minimum Gasteiger partial charge on any atom is -0.497 e. The number of nitrogens with two attached hydrogens (primary N) is 1. The zero-order chi connectivity index (χ0) is 14.1. The summed E-state index contributed by atoms with van der Waals surface area (Å²) in [4.78, 5) is 12.8. The number of carbonyl (C=O) groups is 1. The first kappa shape index (κ1) is 13.2. The van der Waals surface area contributed by atoms with E-state index in [2.05, 4.69) is 5.32 Å². The molecule has 1 amide bonds. The van der Waals surface area contributed by atoms with Crippen LogP contribution in [0.15, 0.2) is 18.2 Å². The van der Waals surface area contributed by atoms with E-state index in [1.807, 2.05) is 18.2 Å². The van der Waals surface area contributed by atoms with Crippen LogP contribution in [0.2, 0.25) is 0 Å². The number of thiophene rings is 1. The maximum absolute atomic E-state index is 12.3. The second kappa shape index (κ2) is 5.30. The average Bonchev–Trinajstić information content (AvgIpc) is 3.06. The predicted molar refractivity (Wildman–Crippen MR) is 79.5 cm³/mol. The van der Waals surface area contributed by atoms with E-state index in [0.717, 1.165) is 22.3 Å². The van der Waals surface area contributed by atoms with Crippen LogP contribution in [-0.2, 0) is 4.74 Å². The summed E-state index contributed by atoms with van der Waals surface area (Å²) in [6.45, 7) is 1.27. The highest BCUT2D eigenvalue weighted by atomic mass is 32.1. The number of nitrogens with one attached hydrogen (secondary N) is 1. The summed E-state index contributed by atoms with van der Waals surface area (Å²) in [6, 6.07) is 5.71. The van der Waals surface area contributed by atoms with E-state index in [-0.39, 0.29) is 11.9 Å². The summed E-state index contributed by atoms with van der Waals surface area (Å²) in [5, 5.41) is 3.85. The van der Waals surface area contributed by atoms with Gasteiger partial charge in [-0.1, -0.05) is 0 Å². The Hall–Kier alpha value is -1.79. The van der Waals surface area contributed by atoms with Gasteiger partial charge in [-0.25, -0.2) is 0 Å². The lowest BCUT2D eigenvalue weighted by atomic mass is 10.2. The van der Waals surface area contributed by atoms with Gasteiger partial charge in [0.1, 0.15) is 10.6 Å². The number of methoxy groups -OCH3 is 1. The van der Waals surface area contributed by atoms with E-state index >= 15 is 0 Å². The minimum absolute atomic E-state index is 0.0849. The fraction of sp³-hybridized carbons (Fsp3) is 0.357. The number of hydrogen-bond donors (Lipinski definition) is 2. The van der Waals surface area contributed by atoms with Crippen molar-refractivity contribution in [2.75, 3.05) is 26.1 Å². The molecule has 1 aliphatic rings. The maximum atomic E-state index is 12.3. The zero-order valence-electron chi connectivity index (χ0n) is 11.1. The van der Waals surface area contributed by atoms with Crippen molar-refractivity contribution in [1.82, 2.24) is 5.32 Å². The molecule has 6 heteroatoms. The Morgan fingerprint density at radius 1 is 1.55 bits per heavy atom. The SMILES string of the molecule is COc1ccc2c(N)c(C(=O)NC3CCOC3)sc2c1. The Labute approximate surface area is 120 Å². The third-order valence-corrected chi connectivity index (χ3v) is 4.57. The molecule has 3 rings (SSSR count). The lowest BCUT2D eigenvalue weighted by Crippen LogP contribution is -2.34. The predicted octanol–water partition coefficient (Wildman–Crippen LogP) is 2.01. The third kappa shape index (κ3) is 2.32. The van der Waals surface area contributed by atoms with Gasteiger partial charge in [0.15, 0.2) is 0 Å². The van der Waals surface area contributed by atoms with Crippen LogP contribution in [0.25, 0.3) is 10.1 Å². The average molecular weight is 292 g/mol. The van der Waals surface area contributed by atoms with Gasteiger partial charge >= 0.3 is 0 Å². The third-order valence-electron chi connectivity index (χ3n) is 3.41. The smallest absolute Gasteiger partial charge is 0.263 e. The van der Waals surface area contributed by atoms with Crippen LogP contribution < -0.4 is 15.8 Å². The van der Waals surface area contributed by atoms with Crippen molar-refractivity contribution >= 4 is 33.0 Å². The second-order valence-corrected chi connectivity index (χ2v) is 5.79. The molecule has 1 aromatic heterocycles. The molecule has 0 radical (unpaired) electrons. The summed E-state index contributed by atoms with van der Waals surface area (Å²) in [5.74, 6) is 0.632. The van der Waals surface area contributed by atoms with Gasteiger partial charge in [0.2, 0.25) is 0 Å². The molecule has 1 unspecified atom stereocenters. The highest BCUT2D eigenvalue weighted by molar-refractivity contribution is 7.21. The first-order valence-electron chi connectivity index (χ1n) is 6.43. The van der Waals surface area contributed by atoms with Crippen LogP contribution >= 0.6 is 11.3 Å². The fourth-order valence-electron chi connectivity index (χ4n) is 2.29. The van der Waals surface area contributed by atoms with Crippen LogP contribution in [0, 0.1) is 0 Å². The molecule has 0 bridgehead atoms. The lowest BCUT2D eigenvalue weighted by Gasteiger charge is -2.09. The zero-order valence-corrected chi connectivity index (χ0v) is 12.0. The molecule has 20 heavy (non-hydrogen) atoms. The topological polar surface area (TPSA) is 73.6 Å². The number of rotatable bonds is 3. The number of fused-ring (bicyclic) bond motifs is 1. The van der Waals surface area contributed by atoms with Crippen molar-refractivity contribution in [2.45, 2.75) is 12.5 Å². The van der Waals surface area contributed by atoms with E-state index in [1.165, 1.54) is 11.3 Å². The van der Waals surface area contributed by atoms with E-state index in [9.17, 15) is 4.79 Å². The Morgan fingerprint density at radius 3 is 3.10 bits per heavy atom. The van der Waals surface area contributed by atoms with Crippen molar-refractivity contribution in [3.63, 3.8) is 0 Å². The number of ether oxygens (including phenoxy) is 2. The van der Waals surface area contributed by atoms with E-state index in [1.54, 1.807) is 7.11 Å². The molecule has 1 atom stereocenters. The van der Waals surface area contributed by atoms with Crippen LogP contribution in [0.4, 0.5) is 5.69 Å². The molecule has 1 aliphatic heterocycles. The summed E-state index contributed by atoms with van der Waals surface area (Å²) in [6.07, 6.45) is 0.852. The largest absolute Gasteiger partial charge is 0.497 e. The molecule has 2 aromatic rings. The second-order valence-electron chi connectivity index (χ2n) is 4.74. The molecule has 1 fully saturated rings. The van der Waals surface area contributed by atoms with Gasteiger partial charge in [0.25, 0.3) is 5.91 Å². The molecular formula is C14H16N2O3S. The van der Waals surface area contributed by atoms with E-state index < -0.39 is 0 Å². The normalized spacial score (nSPS) is 18.4. The quantitative estimate of drug-likeness (QED) is 0.907. The van der Waals surface area contributed by atoms with Gasteiger partial charge in [0.05, 0.1) is 25.4 Å². The standard InChI is InChI=1S/C14H16N2O3S/c1-18-9-2-3-10-11(6-9)20-13(12(10)15)14(17)16-8-4-5-19-7-8/h2-3,6,8H,4-5,7,15H2,1H3,(H,16,17). The Bertz CT molecular complexity index is 647. The summed E-state index contributed by atoms with van der Waals surface area (Å²) in [5.41, 5.74) is 6.61. The highest BCUT2D eigenvalue weighted by Gasteiger charge is 2.22. The number of benzene rings is 1. The fourth-order valence-corrected chi connectivity index (χ4v) is 3.35. The summed E-state index contributed by atoms with van der Waals surface area (Å²) >= 11 is 1.39. The number of amides is 1. The van der Waals surface area contributed by atoms with Crippen LogP contribution in [0.3, 0.4) is 0 Å². The number of anilines is 1. The van der Waals surface area contributed by atoms with E-state index in [0.29, 0.717) is 23.8 Å². The minimum atomic E-state index is -0.127. The van der Waals surface area contributed by atoms with Crippen LogP contribution in [0.5, 0.6) is 5.75 Å².